The van der Waals surface area contributed by atoms with Gasteiger partial charge in [0.2, 0.25) is 5.91 Å². The number of alkyl halides is 3. The third-order valence-electron chi connectivity index (χ3n) is 5.84. The molecule has 0 spiro atoms. The fourth-order valence-electron chi connectivity index (χ4n) is 3.89. The summed E-state index contributed by atoms with van der Waals surface area (Å²) in [5.41, 5.74) is -0.697. The summed E-state index contributed by atoms with van der Waals surface area (Å²) in [7, 11) is 0. The van der Waals surface area contributed by atoms with Gasteiger partial charge in [0.1, 0.15) is 11.3 Å². The summed E-state index contributed by atoms with van der Waals surface area (Å²) >= 11 is 0. The van der Waals surface area contributed by atoms with Gasteiger partial charge in [0.25, 0.3) is 5.91 Å². The number of anilines is 2. The number of phenolic OH excluding ortho intramolecular Hbond substituents is 1. The van der Waals surface area contributed by atoms with E-state index in [0.29, 0.717) is 17.9 Å². The van der Waals surface area contributed by atoms with Crippen molar-refractivity contribution in [2.75, 3.05) is 18.5 Å². The van der Waals surface area contributed by atoms with Gasteiger partial charge in [-0.25, -0.2) is 0 Å². The number of hydrogen-bond acceptors (Lipinski definition) is 5. The molecule has 4 rings (SSSR count). The standard InChI is InChI=1S/C26H24F3N3O4/c27-26(28,29)21-6-1-2-7-22(21)31-19-10-8-17(9-11-19)15-30-24(35)25(12-13-36-16-25)32-23(34)18-4-3-5-20(33)14-18/h1-11,14,31,33H,12-13,15-16H2,(H,30,35)(H,32,34). The molecule has 3 aromatic rings. The molecular formula is C26H24F3N3O4. The van der Waals surface area contributed by atoms with Crippen LogP contribution < -0.4 is 16.0 Å². The maximum atomic E-state index is 13.2. The number of ether oxygens (including phenoxy) is 1. The molecule has 0 aromatic heterocycles. The van der Waals surface area contributed by atoms with E-state index in [0.717, 1.165) is 6.07 Å². The first kappa shape index (κ1) is 25.1. The molecule has 0 radical (unpaired) electrons. The van der Waals surface area contributed by atoms with Crippen molar-refractivity contribution in [3.63, 3.8) is 0 Å². The van der Waals surface area contributed by atoms with Crippen molar-refractivity contribution in [3.8, 4) is 5.75 Å². The van der Waals surface area contributed by atoms with Crippen molar-refractivity contribution < 1.29 is 32.6 Å². The van der Waals surface area contributed by atoms with Crippen molar-refractivity contribution in [2.24, 2.45) is 0 Å². The summed E-state index contributed by atoms with van der Waals surface area (Å²) in [6.45, 7) is 0.445. The highest BCUT2D eigenvalue weighted by Gasteiger charge is 2.43. The molecule has 4 N–H and O–H groups in total. The minimum Gasteiger partial charge on any atom is -0.508 e. The average Bonchev–Trinajstić information content (AvgIpc) is 3.33. The molecule has 1 fully saturated rings. The molecule has 10 heteroatoms. The maximum absolute atomic E-state index is 13.2. The molecule has 1 aliphatic heterocycles. The number of hydrogen-bond donors (Lipinski definition) is 4. The van der Waals surface area contributed by atoms with Gasteiger partial charge < -0.3 is 25.8 Å². The van der Waals surface area contributed by atoms with Crippen LogP contribution in [-0.2, 0) is 22.3 Å². The maximum Gasteiger partial charge on any atom is 0.418 e. The summed E-state index contributed by atoms with van der Waals surface area (Å²) in [6.07, 6.45) is -4.20. The lowest BCUT2D eigenvalue weighted by Gasteiger charge is -2.27. The first-order valence-corrected chi connectivity index (χ1v) is 11.2. The van der Waals surface area contributed by atoms with E-state index in [2.05, 4.69) is 16.0 Å². The van der Waals surface area contributed by atoms with Crippen LogP contribution in [0.2, 0.25) is 0 Å². The van der Waals surface area contributed by atoms with Crippen molar-refractivity contribution >= 4 is 23.2 Å². The van der Waals surface area contributed by atoms with E-state index < -0.39 is 29.1 Å². The average molecular weight is 499 g/mol. The number of carbonyl (C=O) groups is 2. The van der Waals surface area contributed by atoms with Gasteiger partial charge in [-0.3, -0.25) is 9.59 Å². The summed E-state index contributed by atoms with van der Waals surface area (Å²) in [4.78, 5) is 25.7. The van der Waals surface area contributed by atoms with Crippen LogP contribution in [0.15, 0.2) is 72.8 Å². The molecule has 188 valence electrons. The van der Waals surface area contributed by atoms with Crippen molar-refractivity contribution in [3.05, 3.63) is 89.5 Å². The fraction of sp³-hybridized carbons (Fsp3) is 0.231. The molecule has 0 saturated carbocycles. The van der Waals surface area contributed by atoms with Gasteiger partial charge in [-0.1, -0.05) is 30.3 Å². The van der Waals surface area contributed by atoms with Gasteiger partial charge in [-0.2, -0.15) is 13.2 Å². The zero-order valence-corrected chi connectivity index (χ0v) is 19.1. The van der Waals surface area contributed by atoms with Gasteiger partial charge in [-0.05, 0) is 48.0 Å². The van der Waals surface area contributed by atoms with E-state index >= 15 is 0 Å². The van der Waals surface area contributed by atoms with Crippen LogP contribution in [0.4, 0.5) is 24.5 Å². The number of halogens is 3. The molecule has 1 heterocycles. The summed E-state index contributed by atoms with van der Waals surface area (Å²) in [6, 6.07) is 17.6. The highest BCUT2D eigenvalue weighted by molar-refractivity contribution is 5.99. The Balaban J connectivity index is 1.39. The van der Waals surface area contributed by atoms with E-state index in [1.165, 1.54) is 42.5 Å². The summed E-state index contributed by atoms with van der Waals surface area (Å²) in [5.74, 6) is -1.00. The highest BCUT2D eigenvalue weighted by Crippen LogP contribution is 2.35. The predicted molar refractivity (Wildman–Crippen MR) is 127 cm³/mol. The Labute approximate surface area is 205 Å². The van der Waals surface area contributed by atoms with Gasteiger partial charge in [0.05, 0.1) is 17.9 Å². The third kappa shape index (κ3) is 5.77. The molecule has 3 aromatic carbocycles. The van der Waals surface area contributed by atoms with E-state index in [1.54, 1.807) is 24.3 Å². The molecular weight excluding hydrogens is 475 g/mol. The van der Waals surface area contributed by atoms with E-state index in [9.17, 15) is 27.9 Å². The van der Waals surface area contributed by atoms with Gasteiger partial charge in [-0.15, -0.1) is 0 Å². The van der Waals surface area contributed by atoms with Crippen LogP contribution in [-0.4, -0.2) is 35.7 Å². The minimum atomic E-state index is -4.48. The van der Waals surface area contributed by atoms with Crippen molar-refractivity contribution in [1.29, 1.82) is 0 Å². The molecule has 2 amide bonds. The number of nitrogens with one attached hydrogen (secondary N) is 3. The Morgan fingerprint density at radius 2 is 1.75 bits per heavy atom. The first-order chi connectivity index (χ1) is 17.2. The lowest BCUT2D eigenvalue weighted by atomic mass is 9.96. The van der Waals surface area contributed by atoms with Gasteiger partial charge in [0.15, 0.2) is 0 Å². The van der Waals surface area contributed by atoms with E-state index in [4.69, 9.17) is 4.74 Å². The lowest BCUT2D eigenvalue weighted by molar-refractivity contribution is -0.137. The van der Waals surface area contributed by atoms with Crippen LogP contribution >= 0.6 is 0 Å². The summed E-state index contributed by atoms with van der Waals surface area (Å²) in [5, 5.41) is 17.9. The van der Waals surface area contributed by atoms with E-state index in [-0.39, 0.29) is 36.6 Å². The Kier molecular flexibility index (Phi) is 7.16. The SMILES string of the molecule is O=C(NC1(C(=O)NCc2ccc(Nc3ccccc3C(F)(F)F)cc2)CCOC1)c1cccc(O)c1. The van der Waals surface area contributed by atoms with Crippen LogP contribution in [0.3, 0.4) is 0 Å². The molecule has 1 saturated heterocycles. The second-order valence-corrected chi connectivity index (χ2v) is 8.44. The topological polar surface area (TPSA) is 99.7 Å². The normalized spacial score (nSPS) is 17.4. The molecule has 0 bridgehead atoms. The van der Waals surface area contributed by atoms with E-state index in [1.807, 2.05) is 0 Å². The number of rotatable bonds is 7. The summed E-state index contributed by atoms with van der Waals surface area (Å²) < 4.78 is 45.0. The fourth-order valence-corrected chi connectivity index (χ4v) is 3.89. The second kappa shape index (κ2) is 10.3. The van der Waals surface area contributed by atoms with Crippen LogP contribution in [0, 0.1) is 0 Å². The molecule has 7 nitrogen and oxygen atoms in total. The smallest absolute Gasteiger partial charge is 0.418 e. The van der Waals surface area contributed by atoms with Crippen molar-refractivity contribution in [1.82, 2.24) is 10.6 Å². The van der Waals surface area contributed by atoms with Gasteiger partial charge in [0, 0.05) is 30.8 Å². The molecule has 0 aliphatic carbocycles. The Morgan fingerprint density at radius 1 is 1.00 bits per heavy atom. The number of para-hydroxylation sites is 1. The first-order valence-electron chi connectivity index (χ1n) is 11.2. The van der Waals surface area contributed by atoms with Crippen LogP contribution in [0.1, 0.15) is 27.9 Å². The Bertz CT molecular complexity index is 1240. The van der Waals surface area contributed by atoms with Crippen LogP contribution in [0.25, 0.3) is 0 Å². The Hall–Kier alpha value is -4.05. The zero-order valence-electron chi connectivity index (χ0n) is 19.1. The number of carbonyl (C=O) groups excluding carboxylic acids is 2. The predicted octanol–water partition coefficient (Wildman–Crippen LogP) is 4.36. The number of phenols is 1. The largest absolute Gasteiger partial charge is 0.508 e. The second-order valence-electron chi connectivity index (χ2n) is 8.44. The lowest BCUT2D eigenvalue weighted by Crippen LogP contribution is -2.59. The highest BCUT2D eigenvalue weighted by atomic mass is 19.4. The Morgan fingerprint density at radius 3 is 2.42 bits per heavy atom. The van der Waals surface area contributed by atoms with Gasteiger partial charge >= 0.3 is 6.18 Å². The number of benzene rings is 3. The number of amides is 2. The monoisotopic (exact) mass is 499 g/mol. The molecule has 1 atom stereocenters. The van der Waals surface area contributed by atoms with Crippen molar-refractivity contribution in [2.45, 2.75) is 24.7 Å². The number of aromatic hydroxyl groups is 1. The minimum absolute atomic E-state index is 0.00482. The molecule has 36 heavy (non-hydrogen) atoms. The molecule has 1 unspecified atom stereocenters. The third-order valence-corrected chi connectivity index (χ3v) is 5.84. The molecule has 1 aliphatic rings. The van der Waals surface area contributed by atoms with Crippen LogP contribution in [0.5, 0.6) is 5.75 Å². The quantitative estimate of drug-likeness (QED) is 0.387. The zero-order chi connectivity index (χ0) is 25.8.